The lowest BCUT2D eigenvalue weighted by molar-refractivity contribution is -0.385. The standard InChI is InChI=1S/C19H15FN2O5S/c1-2-26-17-8-5-13(9-16(17)22(24)25)19(23)27-10-15-11-28-18(21-15)12-3-6-14(20)7-4-12/h3-9,11H,2,10H2,1H3. The fourth-order valence-electron chi connectivity index (χ4n) is 2.39. The number of nitrogens with zero attached hydrogens (tertiary/aromatic N) is 2. The predicted octanol–water partition coefficient (Wildman–Crippen LogP) is 4.61. The van der Waals surface area contributed by atoms with Gasteiger partial charge in [-0.1, -0.05) is 0 Å². The van der Waals surface area contributed by atoms with Crippen LogP contribution in [0.2, 0.25) is 0 Å². The summed E-state index contributed by atoms with van der Waals surface area (Å²) >= 11 is 1.34. The number of benzene rings is 2. The molecule has 0 atom stereocenters. The molecular weight excluding hydrogens is 387 g/mol. The quantitative estimate of drug-likeness (QED) is 0.325. The van der Waals surface area contributed by atoms with Crippen molar-refractivity contribution in [3.05, 3.63) is 75.0 Å². The zero-order valence-electron chi connectivity index (χ0n) is 14.8. The third-order valence-corrected chi connectivity index (χ3v) is 4.63. The van der Waals surface area contributed by atoms with Gasteiger partial charge in [0.05, 0.1) is 22.8 Å². The topological polar surface area (TPSA) is 91.6 Å². The van der Waals surface area contributed by atoms with Gasteiger partial charge in [0.1, 0.15) is 17.4 Å². The van der Waals surface area contributed by atoms with Crippen LogP contribution >= 0.6 is 11.3 Å². The summed E-state index contributed by atoms with van der Waals surface area (Å²) in [4.78, 5) is 27.1. The highest BCUT2D eigenvalue weighted by atomic mass is 32.1. The van der Waals surface area contributed by atoms with Crippen molar-refractivity contribution < 1.29 is 23.6 Å². The molecule has 0 aliphatic heterocycles. The Morgan fingerprint density at radius 3 is 2.68 bits per heavy atom. The van der Waals surface area contributed by atoms with Gasteiger partial charge >= 0.3 is 11.7 Å². The maximum atomic E-state index is 13.0. The molecule has 0 radical (unpaired) electrons. The SMILES string of the molecule is CCOc1ccc(C(=O)OCc2csc(-c3ccc(F)cc3)n2)cc1[N+](=O)[O-]. The zero-order valence-corrected chi connectivity index (χ0v) is 15.6. The van der Waals surface area contributed by atoms with Crippen molar-refractivity contribution in [1.82, 2.24) is 4.98 Å². The Balaban J connectivity index is 1.68. The minimum absolute atomic E-state index is 0.0455. The van der Waals surface area contributed by atoms with Crippen LogP contribution in [0.1, 0.15) is 23.0 Å². The molecule has 0 aliphatic carbocycles. The van der Waals surface area contributed by atoms with Crippen molar-refractivity contribution in [3.8, 4) is 16.3 Å². The Morgan fingerprint density at radius 1 is 1.25 bits per heavy atom. The van der Waals surface area contributed by atoms with Crippen LogP contribution < -0.4 is 4.74 Å². The van der Waals surface area contributed by atoms with Gasteiger partial charge in [-0.15, -0.1) is 11.3 Å². The molecule has 144 valence electrons. The molecule has 0 unspecified atom stereocenters. The summed E-state index contributed by atoms with van der Waals surface area (Å²) in [5, 5.41) is 13.5. The third kappa shape index (κ3) is 4.49. The summed E-state index contributed by atoms with van der Waals surface area (Å²) in [6.45, 7) is 1.89. The van der Waals surface area contributed by atoms with Crippen LogP contribution in [0.5, 0.6) is 5.75 Å². The number of aromatic nitrogens is 1. The smallest absolute Gasteiger partial charge is 0.338 e. The number of nitro benzene ring substituents is 1. The molecule has 0 N–H and O–H groups in total. The molecule has 3 aromatic rings. The predicted molar refractivity (Wildman–Crippen MR) is 101 cm³/mol. The normalized spacial score (nSPS) is 10.5. The van der Waals surface area contributed by atoms with Crippen LogP contribution in [0, 0.1) is 15.9 Å². The van der Waals surface area contributed by atoms with Gasteiger partial charge in [0, 0.05) is 17.0 Å². The number of ether oxygens (including phenoxy) is 2. The van der Waals surface area contributed by atoms with Gasteiger partial charge in [-0.2, -0.15) is 0 Å². The lowest BCUT2D eigenvalue weighted by Gasteiger charge is -2.06. The van der Waals surface area contributed by atoms with E-state index in [9.17, 15) is 19.3 Å². The molecule has 0 saturated heterocycles. The van der Waals surface area contributed by atoms with Gasteiger partial charge in [0.15, 0.2) is 5.75 Å². The first-order chi connectivity index (χ1) is 13.5. The number of thiazole rings is 1. The maximum absolute atomic E-state index is 13.0. The molecule has 0 amide bonds. The highest BCUT2D eigenvalue weighted by molar-refractivity contribution is 7.13. The Labute approximate surface area is 163 Å². The van der Waals surface area contributed by atoms with Gasteiger partial charge < -0.3 is 9.47 Å². The van der Waals surface area contributed by atoms with Crippen molar-refractivity contribution in [2.45, 2.75) is 13.5 Å². The molecule has 0 saturated carbocycles. The summed E-state index contributed by atoms with van der Waals surface area (Å²) in [6, 6.07) is 9.81. The highest BCUT2D eigenvalue weighted by Gasteiger charge is 2.19. The number of hydrogen-bond acceptors (Lipinski definition) is 7. The fourth-order valence-corrected chi connectivity index (χ4v) is 3.20. The van der Waals surface area contributed by atoms with Gasteiger partial charge in [0.2, 0.25) is 0 Å². The molecule has 2 aromatic carbocycles. The molecule has 28 heavy (non-hydrogen) atoms. The first-order valence-electron chi connectivity index (χ1n) is 8.26. The average Bonchev–Trinajstić information content (AvgIpc) is 3.16. The van der Waals surface area contributed by atoms with Crippen LogP contribution in [0.4, 0.5) is 10.1 Å². The Hall–Kier alpha value is -3.33. The molecular formula is C19H15FN2O5S. The maximum Gasteiger partial charge on any atom is 0.338 e. The largest absolute Gasteiger partial charge is 0.487 e. The van der Waals surface area contributed by atoms with Crippen LogP contribution in [0.15, 0.2) is 47.8 Å². The Kier molecular flexibility index (Phi) is 5.95. The number of carbonyl (C=O) groups is 1. The lowest BCUT2D eigenvalue weighted by Crippen LogP contribution is -2.07. The van der Waals surface area contributed by atoms with E-state index < -0.39 is 10.9 Å². The first kappa shape index (κ1) is 19.4. The van der Waals surface area contributed by atoms with E-state index in [0.717, 1.165) is 11.6 Å². The molecule has 0 spiro atoms. The van der Waals surface area contributed by atoms with E-state index in [1.807, 2.05) is 0 Å². The van der Waals surface area contributed by atoms with E-state index in [1.165, 1.54) is 35.6 Å². The van der Waals surface area contributed by atoms with E-state index in [4.69, 9.17) is 9.47 Å². The molecule has 3 rings (SSSR count). The number of hydrogen-bond donors (Lipinski definition) is 0. The summed E-state index contributed by atoms with van der Waals surface area (Å²) < 4.78 is 23.4. The highest BCUT2D eigenvalue weighted by Crippen LogP contribution is 2.29. The van der Waals surface area contributed by atoms with Crippen molar-refractivity contribution in [3.63, 3.8) is 0 Å². The summed E-state index contributed by atoms with van der Waals surface area (Å²) in [6.07, 6.45) is 0. The minimum atomic E-state index is -0.706. The second-order valence-corrected chi connectivity index (χ2v) is 6.46. The number of carbonyl (C=O) groups excluding carboxylic acids is 1. The zero-order chi connectivity index (χ0) is 20.1. The van der Waals surface area contributed by atoms with Gasteiger partial charge in [-0.3, -0.25) is 10.1 Å². The number of esters is 1. The Bertz CT molecular complexity index is 1000. The van der Waals surface area contributed by atoms with Crippen molar-refractivity contribution in [2.24, 2.45) is 0 Å². The summed E-state index contributed by atoms with van der Waals surface area (Å²) in [7, 11) is 0. The molecule has 1 aromatic heterocycles. The lowest BCUT2D eigenvalue weighted by atomic mass is 10.2. The van der Waals surface area contributed by atoms with E-state index in [-0.39, 0.29) is 36.0 Å². The van der Waals surface area contributed by atoms with Gasteiger partial charge in [0.25, 0.3) is 0 Å². The number of halogens is 1. The van der Waals surface area contributed by atoms with Crippen LogP contribution in [-0.4, -0.2) is 22.5 Å². The molecule has 7 nitrogen and oxygen atoms in total. The van der Waals surface area contributed by atoms with Crippen LogP contribution in [-0.2, 0) is 11.3 Å². The first-order valence-corrected chi connectivity index (χ1v) is 9.14. The van der Waals surface area contributed by atoms with Crippen molar-refractivity contribution >= 4 is 23.0 Å². The second kappa shape index (κ2) is 8.57. The molecule has 1 heterocycles. The third-order valence-electron chi connectivity index (χ3n) is 3.69. The molecule has 0 bridgehead atoms. The van der Waals surface area contributed by atoms with Crippen LogP contribution in [0.3, 0.4) is 0 Å². The fraction of sp³-hybridized carbons (Fsp3) is 0.158. The number of rotatable bonds is 7. The van der Waals surface area contributed by atoms with E-state index in [2.05, 4.69) is 4.98 Å². The second-order valence-electron chi connectivity index (χ2n) is 5.60. The minimum Gasteiger partial charge on any atom is -0.487 e. The van der Waals surface area contributed by atoms with Crippen LogP contribution in [0.25, 0.3) is 10.6 Å². The molecule has 0 fully saturated rings. The number of nitro groups is 1. The van der Waals surface area contributed by atoms with E-state index >= 15 is 0 Å². The van der Waals surface area contributed by atoms with Crippen molar-refractivity contribution in [1.29, 1.82) is 0 Å². The van der Waals surface area contributed by atoms with E-state index in [1.54, 1.807) is 24.4 Å². The van der Waals surface area contributed by atoms with Gasteiger partial charge in [-0.05, 0) is 43.3 Å². The summed E-state index contributed by atoms with van der Waals surface area (Å²) in [5.41, 5.74) is 1.02. The van der Waals surface area contributed by atoms with Gasteiger partial charge in [-0.25, -0.2) is 14.2 Å². The molecule has 9 heteroatoms. The monoisotopic (exact) mass is 402 g/mol. The summed E-state index contributed by atoms with van der Waals surface area (Å²) in [5.74, 6) is -0.950. The van der Waals surface area contributed by atoms with E-state index in [0.29, 0.717) is 10.7 Å². The Morgan fingerprint density at radius 2 is 2.00 bits per heavy atom. The van der Waals surface area contributed by atoms with Crippen molar-refractivity contribution in [2.75, 3.05) is 6.61 Å². The average molecular weight is 402 g/mol. The molecule has 0 aliphatic rings.